The molecule has 7 heteroatoms. The molecule has 0 radical (unpaired) electrons. The summed E-state index contributed by atoms with van der Waals surface area (Å²) in [6.07, 6.45) is 7.61. The number of anilines is 1. The SMILES string of the molecule is C/C=C\c1c(N2CCC(N)C2)c(F)cc2c(=O)c(C(=O)O)cn(C3CC3)c12. The molecule has 0 spiro atoms. The molecule has 1 aromatic heterocycles. The van der Waals surface area contributed by atoms with E-state index in [1.54, 1.807) is 12.2 Å². The van der Waals surface area contributed by atoms with Crippen molar-refractivity contribution in [2.45, 2.75) is 38.3 Å². The third-order valence-corrected chi connectivity index (χ3v) is 5.32. The number of nitrogens with zero attached hydrogens (tertiary/aromatic N) is 2. The van der Waals surface area contributed by atoms with Crippen molar-refractivity contribution in [3.05, 3.63) is 45.5 Å². The Hall–Kier alpha value is -2.67. The highest BCUT2D eigenvalue weighted by molar-refractivity contribution is 5.98. The second-order valence-electron chi connectivity index (χ2n) is 7.33. The maximum absolute atomic E-state index is 15.1. The minimum atomic E-state index is -1.29. The quantitative estimate of drug-likeness (QED) is 0.863. The summed E-state index contributed by atoms with van der Waals surface area (Å²) in [4.78, 5) is 26.2. The predicted molar refractivity (Wildman–Crippen MR) is 103 cm³/mol. The van der Waals surface area contributed by atoms with Gasteiger partial charge in [-0.2, -0.15) is 0 Å². The van der Waals surface area contributed by atoms with Gasteiger partial charge in [0.05, 0.1) is 16.6 Å². The van der Waals surface area contributed by atoms with Crippen molar-refractivity contribution < 1.29 is 14.3 Å². The highest BCUT2D eigenvalue weighted by Crippen LogP contribution is 2.41. The highest BCUT2D eigenvalue weighted by Gasteiger charge is 2.31. The third kappa shape index (κ3) is 2.92. The zero-order chi connectivity index (χ0) is 19.3. The Morgan fingerprint density at radius 3 is 2.67 bits per heavy atom. The topological polar surface area (TPSA) is 88.6 Å². The fraction of sp³-hybridized carbons (Fsp3) is 0.400. The summed E-state index contributed by atoms with van der Waals surface area (Å²) in [5.41, 5.74) is 6.69. The molecule has 1 saturated carbocycles. The van der Waals surface area contributed by atoms with Gasteiger partial charge in [0.15, 0.2) is 0 Å². The van der Waals surface area contributed by atoms with Crippen LogP contribution >= 0.6 is 0 Å². The minimum Gasteiger partial charge on any atom is -0.477 e. The van der Waals surface area contributed by atoms with Crippen molar-refractivity contribution >= 4 is 28.6 Å². The van der Waals surface area contributed by atoms with Crippen LogP contribution in [0, 0.1) is 5.82 Å². The normalized spacial score (nSPS) is 20.1. The van der Waals surface area contributed by atoms with Gasteiger partial charge in [-0.05, 0) is 32.3 Å². The largest absolute Gasteiger partial charge is 0.477 e. The van der Waals surface area contributed by atoms with Crippen LogP contribution in [-0.4, -0.2) is 34.8 Å². The lowest BCUT2D eigenvalue weighted by Gasteiger charge is -2.24. The van der Waals surface area contributed by atoms with E-state index in [-0.39, 0.29) is 23.0 Å². The number of aromatic nitrogens is 1. The molecular weight excluding hydrogens is 349 g/mol. The lowest BCUT2D eigenvalue weighted by Crippen LogP contribution is -2.28. The van der Waals surface area contributed by atoms with Crippen molar-refractivity contribution in [3.63, 3.8) is 0 Å². The number of carboxylic acid groups (broad SMARTS) is 1. The van der Waals surface area contributed by atoms with Crippen LogP contribution in [0.25, 0.3) is 17.0 Å². The van der Waals surface area contributed by atoms with Crippen LogP contribution in [0.2, 0.25) is 0 Å². The van der Waals surface area contributed by atoms with E-state index in [1.165, 1.54) is 12.3 Å². The van der Waals surface area contributed by atoms with Crippen molar-refractivity contribution in [3.8, 4) is 0 Å². The summed E-state index contributed by atoms with van der Waals surface area (Å²) < 4.78 is 17.0. The van der Waals surface area contributed by atoms with Crippen LogP contribution < -0.4 is 16.1 Å². The summed E-state index contributed by atoms with van der Waals surface area (Å²) in [6, 6.07) is 1.31. The Labute approximate surface area is 155 Å². The Kier molecular flexibility index (Phi) is 4.26. The number of pyridine rings is 1. The molecule has 6 nitrogen and oxygen atoms in total. The fourth-order valence-corrected chi connectivity index (χ4v) is 3.94. The number of nitrogens with two attached hydrogens (primary N) is 1. The molecule has 2 heterocycles. The van der Waals surface area contributed by atoms with Gasteiger partial charge in [0.2, 0.25) is 5.43 Å². The number of fused-ring (bicyclic) bond motifs is 1. The molecule has 142 valence electrons. The average Bonchev–Trinajstić information content (AvgIpc) is 3.37. The van der Waals surface area contributed by atoms with E-state index in [2.05, 4.69) is 0 Å². The first kappa shape index (κ1) is 17.7. The lowest BCUT2D eigenvalue weighted by molar-refractivity contribution is 0.0695. The molecule has 2 aliphatic rings. The fourth-order valence-electron chi connectivity index (χ4n) is 3.94. The van der Waals surface area contributed by atoms with E-state index >= 15 is 4.39 Å². The van der Waals surface area contributed by atoms with Crippen LogP contribution in [0.5, 0.6) is 0 Å². The molecule has 27 heavy (non-hydrogen) atoms. The number of hydrogen-bond donors (Lipinski definition) is 2. The van der Waals surface area contributed by atoms with Gasteiger partial charge in [0, 0.05) is 36.9 Å². The molecule has 1 atom stereocenters. The smallest absolute Gasteiger partial charge is 0.341 e. The van der Waals surface area contributed by atoms with Gasteiger partial charge < -0.3 is 20.3 Å². The van der Waals surface area contributed by atoms with Crippen molar-refractivity contribution in [1.29, 1.82) is 0 Å². The van der Waals surface area contributed by atoms with Crippen LogP contribution in [0.1, 0.15) is 48.1 Å². The molecule has 4 rings (SSSR count). The maximum Gasteiger partial charge on any atom is 0.341 e. The van der Waals surface area contributed by atoms with Crippen LogP contribution in [0.4, 0.5) is 10.1 Å². The number of aromatic carboxylic acids is 1. The second kappa shape index (κ2) is 6.49. The Morgan fingerprint density at radius 2 is 2.11 bits per heavy atom. The van der Waals surface area contributed by atoms with E-state index in [1.807, 2.05) is 16.4 Å². The zero-order valence-corrected chi connectivity index (χ0v) is 15.1. The van der Waals surface area contributed by atoms with Gasteiger partial charge >= 0.3 is 5.97 Å². The number of carboxylic acids is 1. The van der Waals surface area contributed by atoms with E-state index in [0.717, 1.165) is 19.3 Å². The van der Waals surface area contributed by atoms with Crippen LogP contribution in [0.3, 0.4) is 0 Å². The highest BCUT2D eigenvalue weighted by atomic mass is 19.1. The first-order chi connectivity index (χ1) is 12.9. The summed E-state index contributed by atoms with van der Waals surface area (Å²) >= 11 is 0. The predicted octanol–water partition coefficient (Wildman–Crippen LogP) is 2.74. The summed E-state index contributed by atoms with van der Waals surface area (Å²) in [7, 11) is 0. The first-order valence-electron chi connectivity index (χ1n) is 9.20. The standard InChI is InChI=1S/C20H22FN3O3/c1-2-3-13-17-14(8-16(21)18(13)23-7-6-11(22)9-23)19(25)15(20(26)27)10-24(17)12-4-5-12/h2-3,8,10-12H,4-7,9,22H2,1H3,(H,26,27)/b3-2-. The molecule has 0 amide bonds. The Balaban J connectivity index is 2.09. The van der Waals surface area contributed by atoms with Gasteiger partial charge in [-0.15, -0.1) is 0 Å². The molecule has 1 aliphatic carbocycles. The molecule has 1 aliphatic heterocycles. The van der Waals surface area contributed by atoms with Gasteiger partial charge in [0.1, 0.15) is 11.4 Å². The number of hydrogen-bond acceptors (Lipinski definition) is 4. The van der Waals surface area contributed by atoms with E-state index < -0.39 is 17.2 Å². The van der Waals surface area contributed by atoms with Crippen molar-refractivity contribution in [1.82, 2.24) is 4.57 Å². The summed E-state index contributed by atoms with van der Waals surface area (Å²) in [5, 5.41) is 9.52. The first-order valence-corrected chi connectivity index (χ1v) is 9.20. The summed E-state index contributed by atoms with van der Waals surface area (Å²) in [5.74, 6) is -1.81. The van der Waals surface area contributed by atoms with Gasteiger partial charge in [-0.3, -0.25) is 4.79 Å². The molecule has 1 unspecified atom stereocenters. The van der Waals surface area contributed by atoms with Crippen molar-refractivity contribution in [2.24, 2.45) is 5.73 Å². The van der Waals surface area contributed by atoms with Crippen LogP contribution in [0.15, 0.2) is 23.1 Å². The zero-order valence-electron chi connectivity index (χ0n) is 15.1. The van der Waals surface area contributed by atoms with Crippen LogP contribution in [-0.2, 0) is 0 Å². The third-order valence-electron chi connectivity index (χ3n) is 5.32. The van der Waals surface area contributed by atoms with Gasteiger partial charge in [-0.1, -0.05) is 12.2 Å². The molecule has 2 fully saturated rings. The van der Waals surface area contributed by atoms with E-state index in [4.69, 9.17) is 5.73 Å². The number of benzene rings is 1. The molecule has 3 N–H and O–H groups in total. The average molecular weight is 371 g/mol. The molecule has 1 saturated heterocycles. The number of carbonyl (C=O) groups is 1. The second-order valence-corrected chi connectivity index (χ2v) is 7.33. The number of rotatable bonds is 4. The molecule has 2 aromatic rings. The maximum atomic E-state index is 15.1. The number of halogens is 1. The summed E-state index contributed by atoms with van der Waals surface area (Å²) in [6.45, 7) is 3.03. The van der Waals surface area contributed by atoms with E-state index in [0.29, 0.717) is 29.9 Å². The minimum absolute atomic E-state index is 0.0152. The van der Waals surface area contributed by atoms with E-state index in [9.17, 15) is 14.7 Å². The molecule has 1 aromatic carbocycles. The lowest BCUT2D eigenvalue weighted by atomic mass is 10.0. The Morgan fingerprint density at radius 1 is 1.37 bits per heavy atom. The molecule has 0 bridgehead atoms. The van der Waals surface area contributed by atoms with Crippen molar-refractivity contribution in [2.75, 3.05) is 18.0 Å². The van der Waals surface area contributed by atoms with Gasteiger partial charge in [-0.25, -0.2) is 9.18 Å². The van der Waals surface area contributed by atoms with Gasteiger partial charge in [0.25, 0.3) is 0 Å². The Bertz CT molecular complexity index is 1020. The monoisotopic (exact) mass is 371 g/mol. The number of allylic oxidation sites excluding steroid dienone is 1. The molecular formula is C20H22FN3O3.